The summed E-state index contributed by atoms with van der Waals surface area (Å²) in [5, 5.41) is 30.0. The van der Waals surface area contributed by atoms with E-state index >= 15 is 0 Å². The van der Waals surface area contributed by atoms with E-state index in [0.717, 1.165) is 0 Å². The predicted molar refractivity (Wildman–Crippen MR) is 102 cm³/mol. The van der Waals surface area contributed by atoms with Crippen molar-refractivity contribution in [2.24, 2.45) is 5.92 Å². The number of phenolic OH excluding ortho intramolecular Hbond substituents is 2. The third-order valence-corrected chi connectivity index (χ3v) is 4.96. The molecule has 0 fully saturated rings. The van der Waals surface area contributed by atoms with Gasteiger partial charge in [-0.15, -0.1) is 0 Å². The van der Waals surface area contributed by atoms with Gasteiger partial charge in [0.15, 0.2) is 23.0 Å². The van der Waals surface area contributed by atoms with Crippen LogP contribution < -0.4 is 9.47 Å². The predicted octanol–water partition coefficient (Wildman–Crippen LogP) is 2.52. The van der Waals surface area contributed by atoms with Gasteiger partial charge in [-0.25, -0.2) is 4.79 Å². The van der Waals surface area contributed by atoms with E-state index in [1.54, 1.807) is 6.07 Å². The smallest absolute Gasteiger partial charge is 0.332 e. The molecule has 2 aromatic carbocycles. The van der Waals surface area contributed by atoms with E-state index < -0.39 is 23.8 Å². The molecule has 3 rings (SSSR count). The van der Waals surface area contributed by atoms with Gasteiger partial charge in [-0.1, -0.05) is 6.07 Å². The Morgan fingerprint density at radius 1 is 0.931 bits per heavy atom. The third-order valence-electron chi connectivity index (χ3n) is 4.96. The first-order chi connectivity index (χ1) is 13.8. The Balaban J connectivity index is 2.33. The molecule has 0 spiro atoms. The number of aromatic hydroxyl groups is 2. The molecule has 0 aromatic heterocycles. The van der Waals surface area contributed by atoms with Gasteiger partial charge in [0.1, 0.15) is 0 Å². The van der Waals surface area contributed by atoms with E-state index in [2.05, 4.69) is 0 Å². The fraction of sp³-hybridized carbons (Fsp3) is 0.238. The molecule has 2 atom stereocenters. The molecule has 1 aliphatic carbocycles. The van der Waals surface area contributed by atoms with Gasteiger partial charge in [-0.3, -0.25) is 4.79 Å². The van der Waals surface area contributed by atoms with Crippen LogP contribution in [-0.2, 0) is 14.3 Å². The minimum Gasteiger partial charge on any atom is -0.504 e. The lowest BCUT2D eigenvalue weighted by Gasteiger charge is -2.32. The summed E-state index contributed by atoms with van der Waals surface area (Å²) >= 11 is 0. The number of carboxylic acid groups (broad SMARTS) is 1. The molecule has 29 heavy (non-hydrogen) atoms. The van der Waals surface area contributed by atoms with Crippen LogP contribution in [0.5, 0.6) is 23.0 Å². The topological polar surface area (TPSA) is 123 Å². The maximum atomic E-state index is 12.6. The van der Waals surface area contributed by atoms with Gasteiger partial charge in [-0.05, 0) is 47.0 Å². The van der Waals surface area contributed by atoms with Gasteiger partial charge in [0, 0.05) is 5.92 Å². The summed E-state index contributed by atoms with van der Waals surface area (Å²) < 4.78 is 15.2. The van der Waals surface area contributed by atoms with Crippen molar-refractivity contribution in [2.75, 3.05) is 21.3 Å². The number of rotatable bonds is 5. The molecule has 0 radical (unpaired) electrons. The standard InChI is InChI=1S/C21H20O8/c1-27-16-7-10(4-5-14(16)22)18-12-9-15(23)17(28-2)8-11(12)6-13(20(24)25)19(18)21(26)29-3/h4-9,18-19,22-23H,1-3H3,(H,24,25). The van der Waals surface area contributed by atoms with Crippen molar-refractivity contribution in [1.82, 2.24) is 0 Å². The van der Waals surface area contributed by atoms with Gasteiger partial charge in [0.2, 0.25) is 0 Å². The van der Waals surface area contributed by atoms with Crippen LogP contribution in [0.4, 0.5) is 0 Å². The van der Waals surface area contributed by atoms with Gasteiger partial charge in [0.25, 0.3) is 0 Å². The van der Waals surface area contributed by atoms with Crippen molar-refractivity contribution in [3.63, 3.8) is 0 Å². The molecule has 0 aliphatic heterocycles. The summed E-state index contributed by atoms with van der Waals surface area (Å²) in [6.07, 6.45) is 1.37. The number of aliphatic carboxylic acids is 1. The summed E-state index contributed by atoms with van der Waals surface area (Å²) in [5.74, 6) is -3.91. The SMILES string of the molecule is COC(=O)C1C(C(=O)O)=Cc2cc(OC)c(O)cc2C1c1ccc(O)c(OC)c1. The minimum atomic E-state index is -1.27. The van der Waals surface area contributed by atoms with Crippen molar-refractivity contribution in [3.8, 4) is 23.0 Å². The maximum absolute atomic E-state index is 12.6. The molecule has 0 saturated heterocycles. The molecule has 1 aliphatic rings. The van der Waals surface area contributed by atoms with Crippen molar-refractivity contribution in [2.45, 2.75) is 5.92 Å². The molecular formula is C21H20O8. The van der Waals surface area contributed by atoms with Crippen LogP contribution in [0.15, 0.2) is 35.9 Å². The number of phenols is 2. The molecule has 0 bridgehead atoms. The van der Waals surface area contributed by atoms with Gasteiger partial charge in [-0.2, -0.15) is 0 Å². The lowest BCUT2D eigenvalue weighted by molar-refractivity contribution is -0.147. The quantitative estimate of drug-likeness (QED) is 0.655. The Kier molecular flexibility index (Phi) is 5.36. The van der Waals surface area contributed by atoms with Crippen molar-refractivity contribution in [1.29, 1.82) is 0 Å². The summed E-state index contributed by atoms with van der Waals surface area (Å²) in [6.45, 7) is 0. The second-order valence-electron chi connectivity index (χ2n) is 6.47. The number of hydrogen-bond acceptors (Lipinski definition) is 7. The molecule has 152 valence electrons. The van der Waals surface area contributed by atoms with E-state index in [1.807, 2.05) is 0 Å². The van der Waals surface area contributed by atoms with E-state index in [9.17, 15) is 24.9 Å². The highest BCUT2D eigenvalue weighted by atomic mass is 16.5. The number of benzene rings is 2. The van der Waals surface area contributed by atoms with Crippen LogP contribution in [0.2, 0.25) is 0 Å². The van der Waals surface area contributed by atoms with Gasteiger partial charge < -0.3 is 29.5 Å². The first-order valence-electron chi connectivity index (χ1n) is 8.62. The Morgan fingerprint density at radius 2 is 1.59 bits per heavy atom. The molecule has 0 heterocycles. The first-order valence-corrected chi connectivity index (χ1v) is 8.62. The van der Waals surface area contributed by atoms with Crippen LogP contribution >= 0.6 is 0 Å². The fourth-order valence-corrected chi connectivity index (χ4v) is 3.62. The average Bonchev–Trinajstić information content (AvgIpc) is 2.71. The lowest BCUT2D eigenvalue weighted by atomic mass is 9.71. The molecule has 8 nitrogen and oxygen atoms in total. The van der Waals surface area contributed by atoms with E-state index in [4.69, 9.17) is 14.2 Å². The number of carbonyl (C=O) groups excluding carboxylic acids is 1. The fourth-order valence-electron chi connectivity index (χ4n) is 3.62. The highest BCUT2D eigenvalue weighted by Gasteiger charge is 2.42. The van der Waals surface area contributed by atoms with Gasteiger partial charge >= 0.3 is 11.9 Å². The van der Waals surface area contributed by atoms with E-state index in [0.29, 0.717) is 16.7 Å². The van der Waals surface area contributed by atoms with Crippen LogP contribution in [0, 0.1) is 5.92 Å². The molecule has 3 N–H and O–H groups in total. The molecule has 0 saturated carbocycles. The maximum Gasteiger partial charge on any atom is 0.332 e. The number of fused-ring (bicyclic) bond motifs is 1. The van der Waals surface area contributed by atoms with Crippen LogP contribution in [-0.4, -0.2) is 48.6 Å². The summed E-state index contributed by atoms with van der Waals surface area (Å²) in [4.78, 5) is 24.6. The normalized spacial score (nSPS) is 17.7. The lowest BCUT2D eigenvalue weighted by Crippen LogP contribution is -2.32. The monoisotopic (exact) mass is 400 g/mol. The van der Waals surface area contributed by atoms with Crippen molar-refractivity contribution >= 4 is 18.0 Å². The first kappa shape index (κ1) is 20.1. The molecule has 0 amide bonds. The minimum absolute atomic E-state index is 0.103. The largest absolute Gasteiger partial charge is 0.504 e. The zero-order chi connectivity index (χ0) is 21.3. The number of carboxylic acids is 1. The highest BCUT2D eigenvalue weighted by Crippen LogP contribution is 2.47. The van der Waals surface area contributed by atoms with Crippen molar-refractivity contribution < 1.29 is 39.1 Å². The molecule has 2 aromatic rings. The second kappa shape index (κ2) is 7.75. The summed E-state index contributed by atoms with van der Waals surface area (Å²) in [5.41, 5.74) is 1.34. The van der Waals surface area contributed by atoms with Gasteiger partial charge in [0.05, 0.1) is 32.8 Å². The van der Waals surface area contributed by atoms with Crippen molar-refractivity contribution in [3.05, 3.63) is 52.6 Å². The average molecular weight is 400 g/mol. The zero-order valence-corrected chi connectivity index (χ0v) is 16.0. The van der Waals surface area contributed by atoms with E-state index in [1.165, 1.54) is 51.7 Å². The highest BCUT2D eigenvalue weighted by molar-refractivity contribution is 6.01. The second-order valence-corrected chi connectivity index (χ2v) is 6.47. The number of ether oxygens (including phenoxy) is 3. The Hall–Kier alpha value is -3.68. The Morgan fingerprint density at radius 3 is 2.17 bits per heavy atom. The number of carbonyl (C=O) groups is 2. The Labute approximate surface area is 166 Å². The molecular weight excluding hydrogens is 380 g/mol. The van der Waals surface area contributed by atoms with E-state index in [-0.39, 0.29) is 28.6 Å². The summed E-state index contributed by atoms with van der Waals surface area (Å²) in [6, 6.07) is 7.42. The number of hydrogen-bond donors (Lipinski definition) is 3. The summed E-state index contributed by atoms with van der Waals surface area (Å²) in [7, 11) is 3.94. The van der Waals surface area contributed by atoms with Crippen LogP contribution in [0.1, 0.15) is 22.6 Å². The number of esters is 1. The molecule has 8 heteroatoms. The molecule has 2 unspecified atom stereocenters. The Bertz CT molecular complexity index is 1010. The van der Waals surface area contributed by atoms with Crippen LogP contribution in [0.25, 0.3) is 6.08 Å². The third kappa shape index (κ3) is 3.44. The zero-order valence-electron chi connectivity index (χ0n) is 16.0. The number of methoxy groups -OCH3 is 3. The van der Waals surface area contributed by atoms with Crippen LogP contribution in [0.3, 0.4) is 0 Å².